The van der Waals surface area contributed by atoms with Crippen LogP contribution < -0.4 is 5.32 Å². The van der Waals surface area contributed by atoms with Gasteiger partial charge in [0.25, 0.3) is 5.91 Å². The number of rotatable bonds is 6. The molecule has 1 N–H and O–H groups in total. The molecule has 2 aliphatic rings. The summed E-state index contributed by atoms with van der Waals surface area (Å²) in [6.07, 6.45) is 5.37. The fraction of sp³-hybridized carbons (Fsp3) is 0.360. The molecular formula is C25H27N5O3S. The molecule has 0 spiro atoms. The standard InChI is InChI=1S/C25H27N5O3S/c1-17-6-9-26-23(14-17)27-25(32)18-7-10-29(11-8-18)16-24(31)30-20(21-4-2-12-33-21)15-19(28-30)22-5-3-13-34-22/h2-6,9,12-14,18,20H,7-8,10-11,15-16H2,1H3,(H,26,27,32). The van der Waals surface area contributed by atoms with Crippen LogP contribution in [0.2, 0.25) is 0 Å². The maximum atomic E-state index is 13.3. The molecule has 0 radical (unpaired) electrons. The van der Waals surface area contributed by atoms with Crippen molar-refractivity contribution in [2.75, 3.05) is 25.0 Å². The highest BCUT2D eigenvalue weighted by molar-refractivity contribution is 7.12. The number of nitrogens with one attached hydrogen (secondary N) is 1. The summed E-state index contributed by atoms with van der Waals surface area (Å²) in [5.74, 6) is 1.18. The molecule has 5 heterocycles. The van der Waals surface area contributed by atoms with Crippen LogP contribution in [0.5, 0.6) is 0 Å². The number of anilines is 1. The van der Waals surface area contributed by atoms with Gasteiger partial charge in [-0.3, -0.25) is 14.5 Å². The summed E-state index contributed by atoms with van der Waals surface area (Å²) in [5, 5.41) is 11.2. The molecule has 9 heteroatoms. The highest BCUT2D eigenvalue weighted by atomic mass is 32.1. The molecule has 3 aromatic heterocycles. The number of aromatic nitrogens is 1. The Balaban J connectivity index is 1.19. The smallest absolute Gasteiger partial charge is 0.257 e. The van der Waals surface area contributed by atoms with Crippen LogP contribution in [0.3, 0.4) is 0 Å². The van der Waals surface area contributed by atoms with E-state index >= 15 is 0 Å². The Labute approximate surface area is 202 Å². The van der Waals surface area contributed by atoms with Crippen molar-refractivity contribution in [3.05, 3.63) is 70.4 Å². The van der Waals surface area contributed by atoms with Crippen molar-refractivity contribution in [1.29, 1.82) is 0 Å². The number of likely N-dealkylation sites (tertiary alicyclic amines) is 1. The number of aryl methyl sites for hydroxylation is 1. The van der Waals surface area contributed by atoms with E-state index in [1.807, 2.05) is 48.7 Å². The van der Waals surface area contributed by atoms with Crippen molar-refractivity contribution < 1.29 is 14.0 Å². The molecule has 2 amide bonds. The number of carbonyl (C=O) groups excluding carboxylic acids is 2. The van der Waals surface area contributed by atoms with Gasteiger partial charge in [0.1, 0.15) is 17.6 Å². The SMILES string of the molecule is Cc1ccnc(NC(=O)C2CCN(CC(=O)N3N=C(c4cccs4)CC3c3ccco3)CC2)c1. The Kier molecular flexibility index (Phi) is 6.55. The van der Waals surface area contributed by atoms with Gasteiger partial charge >= 0.3 is 0 Å². The monoisotopic (exact) mass is 477 g/mol. The van der Waals surface area contributed by atoms with Gasteiger partial charge in [0, 0.05) is 18.5 Å². The molecule has 1 atom stereocenters. The van der Waals surface area contributed by atoms with Gasteiger partial charge in [0.15, 0.2) is 0 Å². The van der Waals surface area contributed by atoms with Crippen LogP contribution in [0.4, 0.5) is 5.82 Å². The minimum atomic E-state index is -0.232. The summed E-state index contributed by atoms with van der Waals surface area (Å²) in [5.41, 5.74) is 1.96. The Morgan fingerprint density at radius 1 is 1.21 bits per heavy atom. The highest BCUT2D eigenvalue weighted by Gasteiger charge is 2.36. The summed E-state index contributed by atoms with van der Waals surface area (Å²) in [7, 11) is 0. The lowest BCUT2D eigenvalue weighted by atomic mass is 9.96. The van der Waals surface area contributed by atoms with E-state index in [-0.39, 0.29) is 30.3 Å². The zero-order chi connectivity index (χ0) is 23.5. The lowest BCUT2D eigenvalue weighted by Gasteiger charge is -2.32. The fourth-order valence-electron chi connectivity index (χ4n) is 4.48. The van der Waals surface area contributed by atoms with E-state index in [0.717, 1.165) is 21.9 Å². The first-order valence-corrected chi connectivity index (χ1v) is 12.4. The average molecular weight is 478 g/mol. The Morgan fingerprint density at radius 3 is 2.76 bits per heavy atom. The molecule has 1 fully saturated rings. The van der Waals surface area contributed by atoms with Crippen molar-refractivity contribution in [1.82, 2.24) is 14.9 Å². The maximum Gasteiger partial charge on any atom is 0.257 e. The molecule has 1 unspecified atom stereocenters. The molecule has 0 saturated carbocycles. The Bertz CT molecular complexity index is 1170. The van der Waals surface area contributed by atoms with Gasteiger partial charge in [-0.15, -0.1) is 11.3 Å². The van der Waals surface area contributed by atoms with E-state index in [4.69, 9.17) is 4.42 Å². The molecular weight excluding hydrogens is 450 g/mol. The van der Waals surface area contributed by atoms with Crippen LogP contribution in [-0.2, 0) is 9.59 Å². The summed E-state index contributed by atoms with van der Waals surface area (Å²) < 4.78 is 5.62. The number of furan rings is 1. The second kappa shape index (κ2) is 9.90. The molecule has 3 aromatic rings. The molecule has 5 rings (SSSR count). The molecule has 34 heavy (non-hydrogen) atoms. The molecule has 0 aliphatic carbocycles. The van der Waals surface area contributed by atoms with Crippen LogP contribution in [-0.4, -0.2) is 52.1 Å². The summed E-state index contributed by atoms with van der Waals surface area (Å²) >= 11 is 1.62. The third kappa shape index (κ3) is 4.95. The van der Waals surface area contributed by atoms with Crippen LogP contribution in [0.15, 0.2) is 63.8 Å². The van der Waals surface area contributed by atoms with Gasteiger partial charge < -0.3 is 9.73 Å². The zero-order valence-electron chi connectivity index (χ0n) is 19.0. The molecule has 0 aromatic carbocycles. The molecule has 0 bridgehead atoms. The average Bonchev–Trinajstić information content (AvgIpc) is 3.61. The lowest BCUT2D eigenvalue weighted by Crippen LogP contribution is -2.43. The van der Waals surface area contributed by atoms with Crippen LogP contribution >= 0.6 is 11.3 Å². The third-order valence-electron chi connectivity index (χ3n) is 6.33. The number of pyridine rings is 1. The van der Waals surface area contributed by atoms with Crippen LogP contribution in [0.25, 0.3) is 0 Å². The Hall–Kier alpha value is -3.30. The predicted molar refractivity (Wildman–Crippen MR) is 131 cm³/mol. The van der Waals surface area contributed by atoms with Crippen LogP contribution in [0.1, 0.15) is 41.5 Å². The maximum absolute atomic E-state index is 13.3. The van der Waals surface area contributed by atoms with E-state index < -0.39 is 0 Å². The van der Waals surface area contributed by atoms with Crippen molar-refractivity contribution in [3.63, 3.8) is 0 Å². The van der Waals surface area contributed by atoms with E-state index in [1.165, 1.54) is 0 Å². The van der Waals surface area contributed by atoms with Crippen molar-refractivity contribution in [2.45, 2.75) is 32.2 Å². The molecule has 8 nitrogen and oxygen atoms in total. The quantitative estimate of drug-likeness (QED) is 0.578. The van der Waals surface area contributed by atoms with E-state index in [0.29, 0.717) is 38.2 Å². The number of thiophene rings is 1. The zero-order valence-corrected chi connectivity index (χ0v) is 19.8. The second-order valence-electron chi connectivity index (χ2n) is 8.76. The van der Waals surface area contributed by atoms with Crippen molar-refractivity contribution in [3.8, 4) is 0 Å². The molecule has 176 valence electrons. The molecule has 1 saturated heterocycles. The first kappa shape index (κ1) is 22.5. The van der Waals surface area contributed by atoms with Gasteiger partial charge in [-0.2, -0.15) is 5.10 Å². The minimum absolute atomic E-state index is 0.00769. The molecule has 2 aliphatic heterocycles. The minimum Gasteiger partial charge on any atom is -0.467 e. The first-order chi connectivity index (χ1) is 16.6. The summed E-state index contributed by atoms with van der Waals surface area (Å²) in [4.78, 5) is 33.3. The third-order valence-corrected chi connectivity index (χ3v) is 7.25. The van der Waals surface area contributed by atoms with Gasteiger partial charge in [0.05, 0.1) is 23.4 Å². The number of carbonyl (C=O) groups is 2. The van der Waals surface area contributed by atoms with Crippen molar-refractivity contribution >= 4 is 34.7 Å². The number of hydrogen-bond donors (Lipinski definition) is 1. The summed E-state index contributed by atoms with van der Waals surface area (Å²) in [6, 6.07) is 11.3. The largest absolute Gasteiger partial charge is 0.467 e. The number of hydrazone groups is 1. The first-order valence-electron chi connectivity index (χ1n) is 11.5. The predicted octanol–water partition coefficient (Wildman–Crippen LogP) is 4.07. The van der Waals surface area contributed by atoms with Gasteiger partial charge in [-0.1, -0.05) is 6.07 Å². The van der Waals surface area contributed by atoms with E-state index in [9.17, 15) is 9.59 Å². The lowest BCUT2D eigenvalue weighted by molar-refractivity contribution is -0.135. The van der Waals surface area contributed by atoms with Gasteiger partial charge in [0.2, 0.25) is 5.91 Å². The van der Waals surface area contributed by atoms with Gasteiger partial charge in [-0.05, 0) is 74.1 Å². The van der Waals surface area contributed by atoms with E-state index in [2.05, 4.69) is 20.3 Å². The van der Waals surface area contributed by atoms with Crippen LogP contribution in [0, 0.1) is 12.8 Å². The number of amides is 2. The van der Waals surface area contributed by atoms with Crippen molar-refractivity contribution in [2.24, 2.45) is 11.0 Å². The summed E-state index contributed by atoms with van der Waals surface area (Å²) in [6.45, 7) is 3.61. The fourth-order valence-corrected chi connectivity index (χ4v) is 5.21. The topological polar surface area (TPSA) is 91.0 Å². The van der Waals surface area contributed by atoms with Gasteiger partial charge in [-0.25, -0.2) is 9.99 Å². The Morgan fingerprint density at radius 2 is 2.06 bits per heavy atom. The highest BCUT2D eigenvalue weighted by Crippen LogP contribution is 2.34. The number of nitrogens with zero attached hydrogens (tertiary/aromatic N) is 4. The second-order valence-corrected chi connectivity index (χ2v) is 9.70. The van der Waals surface area contributed by atoms with E-state index in [1.54, 1.807) is 28.8 Å². The number of piperidine rings is 1. The number of hydrogen-bond acceptors (Lipinski definition) is 7. The normalized spacial score (nSPS) is 19.3.